The van der Waals surface area contributed by atoms with Crippen LogP contribution in [0.5, 0.6) is 0 Å². The SMILES string of the molecule is Cn1ncc(NC(=O)OCC2c3ccccc3-c3ccccc32)c1C(=O)N(CC(=O)O)CC1CC1. The van der Waals surface area contributed by atoms with Crippen LogP contribution in [-0.2, 0) is 16.6 Å². The molecule has 2 amide bonds. The van der Waals surface area contributed by atoms with Gasteiger partial charge in [-0.05, 0) is 41.0 Å². The Morgan fingerprint density at radius 2 is 1.71 bits per heavy atom. The average molecular weight is 475 g/mol. The number of benzene rings is 2. The predicted octanol–water partition coefficient (Wildman–Crippen LogP) is 3.72. The van der Waals surface area contributed by atoms with Crippen LogP contribution >= 0.6 is 0 Å². The third kappa shape index (κ3) is 4.62. The van der Waals surface area contributed by atoms with Crippen LogP contribution in [0.4, 0.5) is 10.5 Å². The molecule has 35 heavy (non-hydrogen) atoms. The minimum atomic E-state index is -1.09. The number of anilines is 1. The smallest absolute Gasteiger partial charge is 0.411 e. The van der Waals surface area contributed by atoms with E-state index in [0.29, 0.717) is 12.5 Å². The number of hydrogen-bond donors (Lipinski definition) is 2. The van der Waals surface area contributed by atoms with Crippen molar-refractivity contribution < 1.29 is 24.2 Å². The van der Waals surface area contributed by atoms with Gasteiger partial charge in [0.2, 0.25) is 0 Å². The molecule has 0 spiro atoms. The second kappa shape index (κ2) is 9.25. The lowest BCUT2D eigenvalue weighted by Gasteiger charge is -2.21. The molecule has 1 saturated carbocycles. The maximum Gasteiger partial charge on any atom is 0.411 e. The zero-order valence-electron chi connectivity index (χ0n) is 19.3. The number of carbonyl (C=O) groups excluding carboxylic acids is 2. The Morgan fingerprint density at radius 1 is 1.09 bits per heavy atom. The standard InChI is InChI=1S/C26H26N4O5/c1-29-24(25(33)30(14-23(31)32)13-16-10-11-16)22(12-27-29)28-26(34)35-15-21-19-8-4-2-6-17(19)18-7-3-5-9-20(18)21/h2-9,12,16,21H,10-11,13-15H2,1H3,(H,28,34)(H,31,32). The molecule has 0 bridgehead atoms. The van der Waals surface area contributed by atoms with Crippen molar-refractivity contribution in [3.63, 3.8) is 0 Å². The Hall–Kier alpha value is -4.14. The van der Waals surface area contributed by atoms with Gasteiger partial charge < -0.3 is 14.7 Å². The molecule has 1 fully saturated rings. The van der Waals surface area contributed by atoms with Gasteiger partial charge in [-0.3, -0.25) is 19.6 Å². The number of hydrogen-bond acceptors (Lipinski definition) is 5. The van der Waals surface area contributed by atoms with Gasteiger partial charge in [0.15, 0.2) is 0 Å². The quantitative estimate of drug-likeness (QED) is 0.514. The normalized spacial score (nSPS) is 14.2. The molecule has 0 aliphatic heterocycles. The number of aromatic nitrogens is 2. The Labute approximate surface area is 202 Å². The topological polar surface area (TPSA) is 114 Å². The molecule has 9 nitrogen and oxygen atoms in total. The van der Waals surface area contributed by atoms with Gasteiger partial charge in [-0.2, -0.15) is 5.10 Å². The highest BCUT2D eigenvalue weighted by atomic mass is 16.5. The van der Waals surface area contributed by atoms with Crippen LogP contribution in [0.1, 0.15) is 40.4 Å². The van der Waals surface area contributed by atoms with Crippen molar-refractivity contribution in [1.29, 1.82) is 0 Å². The molecule has 180 valence electrons. The fourth-order valence-corrected chi connectivity index (χ4v) is 4.67. The molecule has 2 aliphatic rings. The van der Waals surface area contributed by atoms with Crippen LogP contribution in [0.3, 0.4) is 0 Å². The fourth-order valence-electron chi connectivity index (χ4n) is 4.67. The molecule has 9 heteroatoms. The first-order chi connectivity index (χ1) is 16.9. The number of carbonyl (C=O) groups is 3. The van der Waals surface area contributed by atoms with E-state index < -0.39 is 24.5 Å². The number of fused-ring (bicyclic) bond motifs is 3. The zero-order chi connectivity index (χ0) is 24.5. The molecule has 0 unspecified atom stereocenters. The number of aryl methyl sites for hydroxylation is 1. The van der Waals surface area contributed by atoms with Crippen LogP contribution in [0.25, 0.3) is 11.1 Å². The monoisotopic (exact) mass is 474 g/mol. The summed E-state index contributed by atoms with van der Waals surface area (Å²) in [6.07, 6.45) is 2.60. The molecular weight excluding hydrogens is 448 g/mol. The maximum absolute atomic E-state index is 13.2. The molecule has 0 saturated heterocycles. The largest absolute Gasteiger partial charge is 0.480 e. The maximum atomic E-state index is 13.2. The van der Waals surface area contributed by atoms with E-state index in [1.807, 2.05) is 36.4 Å². The van der Waals surface area contributed by atoms with Crippen LogP contribution in [0.15, 0.2) is 54.7 Å². The molecule has 2 aliphatic carbocycles. The Morgan fingerprint density at radius 3 is 2.31 bits per heavy atom. The summed E-state index contributed by atoms with van der Waals surface area (Å²) in [4.78, 5) is 38.5. The van der Waals surface area contributed by atoms with E-state index in [4.69, 9.17) is 4.74 Å². The van der Waals surface area contributed by atoms with E-state index in [0.717, 1.165) is 35.1 Å². The molecule has 0 atom stereocenters. The molecule has 5 rings (SSSR count). The molecule has 1 aromatic heterocycles. The van der Waals surface area contributed by atoms with Gasteiger partial charge in [0.1, 0.15) is 18.8 Å². The lowest BCUT2D eigenvalue weighted by Crippen LogP contribution is -2.38. The number of ether oxygens (including phenoxy) is 1. The number of aliphatic carboxylic acids is 1. The number of carboxylic acids is 1. The van der Waals surface area contributed by atoms with Gasteiger partial charge >= 0.3 is 12.1 Å². The summed E-state index contributed by atoms with van der Waals surface area (Å²) in [6.45, 7) is 0.0851. The molecule has 3 aromatic rings. The van der Waals surface area contributed by atoms with E-state index >= 15 is 0 Å². The van der Waals surface area contributed by atoms with E-state index in [1.54, 1.807) is 7.05 Å². The number of amides is 2. The summed E-state index contributed by atoms with van der Waals surface area (Å²) in [7, 11) is 1.58. The lowest BCUT2D eigenvalue weighted by atomic mass is 9.98. The van der Waals surface area contributed by atoms with Crippen LogP contribution in [0, 0.1) is 5.92 Å². The third-order valence-corrected chi connectivity index (χ3v) is 6.51. The summed E-state index contributed by atoms with van der Waals surface area (Å²) < 4.78 is 6.92. The minimum Gasteiger partial charge on any atom is -0.480 e. The molecular formula is C26H26N4O5. The number of carboxylic acid groups (broad SMARTS) is 1. The van der Waals surface area contributed by atoms with E-state index in [2.05, 4.69) is 22.5 Å². The molecule has 1 heterocycles. The van der Waals surface area contributed by atoms with Crippen molar-refractivity contribution in [3.8, 4) is 11.1 Å². The Bertz CT molecular complexity index is 1250. The summed E-state index contributed by atoms with van der Waals surface area (Å²) in [6, 6.07) is 16.1. The number of nitrogens with one attached hydrogen (secondary N) is 1. The summed E-state index contributed by atoms with van der Waals surface area (Å²) >= 11 is 0. The first-order valence-electron chi connectivity index (χ1n) is 11.6. The molecule has 0 radical (unpaired) electrons. The number of rotatable bonds is 8. The second-order valence-electron chi connectivity index (χ2n) is 9.00. The molecule has 2 aromatic carbocycles. The van der Waals surface area contributed by atoms with Gasteiger partial charge in [-0.15, -0.1) is 0 Å². The lowest BCUT2D eigenvalue weighted by molar-refractivity contribution is -0.137. The fraction of sp³-hybridized carbons (Fsp3) is 0.308. The van der Waals surface area contributed by atoms with Gasteiger partial charge in [-0.1, -0.05) is 48.5 Å². The first kappa shape index (κ1) is 22.6. The van der Waals surface area contributed by atoms with Crippen LogP contribution < -0.4 is 5.32 Å². The Kier molecular flexibility index (Phi) is 5.98. The highest BCUT2D eigenvalue weighted by Crippen LogP contribution is 2.44. The summed E-state index contributed by atoms with van der Waals surface area (Å²) in [5, 5.41) is 16.0. The van der Waals surface area contributed by atoms with Crippen molar-refractivity contribution in [2.75, 3.05) is 25.0 Å². The van der Waals surface area contributed by atoms with Crippen molar-refractivity contribution in [2.24, 2.45) is 13.0 Å². The average Bonchev–Trinajstić information content (AvgIpc) is 3.51. The predicted molar refractivity (Wildman–Crippen MR) is 128 cm³/mol. The van der Waals surface area contributed by atoms with Crippen molar-refractivity contribution in [2.45, 2.75) is 18.8 Å². The highest BCUT2D eigenvalue weighted by Gasteiger charge is 2.32. The first-order valence-corrected chi connectivity index (χ1v) is 11.6. The van der Waals surface area contributed by atoms with Crippen LogP contribution in [-0.4, -0.2) is 57.5 Å². The zero-order valence-corrected chi connectivity index (χ0v) is 19.3. The Balaban J connectivity index is 1.29. The van der Waals surface area contributed by atoms with Crippen molar-refractivity contribution in [1.82, 2.24) is 14.7 Å². The second-order valence-corrected chi connectivity index (χ2v) is 9.00. The van der Waals surface area contributed by atoms with E-state index in [9.17, 15) is 19.5 Å². The van der Waals surface area contributed by atoms with Gasteiger partial charge in [-0.25, -0.2) is 4.79 Å². The molecule has 2 N–H and O–H groups in total. The number of nitrogens with zero attached hydrogens (tertiary/aromatic N) is 3. The van der Waals surface area contributed by atoms with E-state index in [-0.39, 0.29) is 23.9 Å². The van der Waals surface area contributed by atoms with E-state index in [1.165, 1.54) is 15.8 Å². The van der Waals surface area contributed by atoms with Gasteiger partial charge in [0, 0.05) is 19.5 Å². The summed E-state index contributed by atoms with van der Waals surface area (Å²) in [5.41, 5.74) is 4.76. The summed E-state index contributed by atoms with van der Waals surface area (Å²) in [5.74, 6) is -1.36. The third-order valence-electron chi connectivity index (χ3n) is 6.51. The van der Waals surface area contributed by atoms with Crippen LogP contribution in [0.2, 0.25) is 0 Å². The van der Waals surface area contributed by atoms with Crippen molar-refractivity contribution >= 4 is 23.7 Å². The van der Waals surface area contributed by atoms with Crippen molar-refractivity contribution in [3.05, 3.63) is 71.5 Å². The minimum absolute atomic E-state index is 0.0900. The van der Waals surface area contributed by atoms with Gasteiger partial charge in [0.25, 0.3) is 5.91 Å². The highest BCUT2D eigenvalue weighted by molar-refractivity contribution is 6.02. The van der Waals surface area contributed by atoms with Gasteiger partial charge in [0.05, 0.1) is 11.9 Å².